The van der Waals surface area contributed by atoms with Crippen molar-refractivity contribution < 1.29 is 0 Å². The molecule has 4 heterocycles. The van der Waals surface area contributed by atoms with E-state index in [9.17, 15) is 0 Å². The lowest BCUT2D eigenvalue weighted by atomic mass is 9.96. The van der Waals surface area contributed by atoms with E-state index in [-0.39, 0.29) is 0 Å². The molecule has 1 saturated carbocycles. The Morgan fingerprint density at radius 1 is 0.840 bits per heavy atom. The van der Waals surface area contributed by atoms with Crippen molar-refractivity contribution in [1.82, 2.24) is 30.0 Å². The first-order chi connectivity index (χ1) is 12.3. The van der Waals surface area contributed by atoms with Crippen molar-refractivity contribution in [3.8, 4) is 0 Å². The maximum Gasteiger partial charge on any atom is 0.177 e. The van der Waals surface area contributed by atoms with E-state index in [2.05, 4.69) is 42.5 Å². The molecular weight excluding hydrogens is 314 g/mol. The van der Waals surface area contributed by atoms with Gasteiger partial charge in [-0.1, -0.05) is 0 Å². The van der Waals surface area contributed by atoms with E-state index < -0.39 is 0 Å². The molecule has 7 nitrogen and oxygen atoms in total. The van der Waals surface area contributed by atoms with Gasteiger partial charge in [0.05, 0.1) is 11.4 Å². The minimum absolute atomic E-state index is 0.388. The van der Waals surface area contributed by atoms with E-state index in [1.807, 2.05) is 23.6 Å². The van der Waals surface area contributed by atoms with Gasteiger partial charge < -0.3 is 4.90 Å². The van der Waals surface area contributed by atoms with Crippen LogP contribution < -0.4 is 4.90 Å². The van der Waals surface area contributed by atoms with Gasteiger partial charge in [0, 0.05) is 24.9 Å². The van der Waals surface area contributed by atoms with Gasteiger partial charge in [-0.3, -0.25) is 0 Å². The summed E-state index contributed by atoms with van der Waals surface area (Å²) >= 11 is 0. The molecule has 5 rings (SSSR count). The molecule has 1 aliphatic heterocycles. The highest BCUT2D eigenvalue weighted by molar-refractivity contribution is 5.40. The largest absolute Gasteiger partial charge is 0.355 e. The van der Waals surface area contributed by atoms with Crippen molar-refractivity contribution in [2.75, 3.05) is 18.0 Å². The van der Waals surface area contributed by atoms with Crippen molar-refractivity contribution in [1.29, 1.82) is 0 Å². The first-order valence-electron chi connectivity index (χ1n) is 9.05. The normalized spacial score (nSPS) is 18.8. The maximum absolute atomic E-state index is 4.58. The van der Waals surface area contributed by atoms with Crippen LogP contribution >= 0.6 is 0 Å². The molecule has 3 aromatic rings. The van der Waals surface area contributed by atoms with Gasteiger partial charge in [0.2, 0.25) is 0 Å². The Balaban J connectivity index is 1.31. The summed E-state index contributed by atoms with van der Waals surface area (Å²) in [4.78, 5) is 2.32. The molecule has 0 unspecified atom stereocenters. The van der Waals surface area contributed by atoms with Crippen LogP contribution in [0, 0.1) is 6.92 Å². The fraction of sp³-hybridized carbons (Fsp3) is 0.500. The minimum Gasteiger partial charge on any atom is -0.355 e. The third-order valence-electron chi connectivity index (χ3n) is 5.27. The van der Waals surface area contributed by atoms with Crippen molar-refractivity contribution in [2.45, 2.75) is 44.4 Å². The van der Waals surface area contributed by atoms with Crippen molar-refractivity contribution in [3.05, 3.63) is 41.5 Å². The van der Waals surface area contributed by atoms with Crippen LogP contribution in [0.25, 0.3) is 5.65 Å². The number of hydrogen-bond acceptors (Lipinski definition) is 6. The number of nitrogens with zero attached hydrogens (tertiary/aromatic N) is 7. The number of piperidine rings is 1. The molecule has 0 radical (unpaired) electrons. The standard InChI is InChI=1S/C18H21N7/c1-12-2-6-17-21-22-18(25(17)23-12)14-8-10-24(11-9-14)16-7-5-15(19-20-16)13-3-4-13/h2,5-7,13-14H,3-4,8-11H2,1H3. The van der Waals surface area contributed by atoms with Crippen LogP contribution in [0.15, 0.2) is 24.3 Å². The molecule has 25 heavy (non-hydrogen) atoms. The second-order valence-corrected chi connectivity index (χ2v) is 7.15. The molecule has 128 valence electrons. The fourth-order valence-electron chi connectivity index (χ4n) is 3.62. The second kappa shape index (κ2) is 5.75. The molecule has 0 bridgehead atoms. The average Bonchev–Trinajstić information content (AvgIpc) is 3.42. The first kappa shape index (κ1) is 14.7. The summed E-state index contributed by atoms with van der Waals surface area (Å²) in [7, 11) is 0. The van der Waals surface area contributed by atoms with Crippen molar-refractivity contribution in [3.63, 3.8) is 0 Å². The highest BCUT2D eigenvalue weighted by atomic mass is 15.4. The maximum atomic E-state index is 4.58. The highest BCUT2D eigenvalue weighted by Gasteiger charge is 2.27. The zero-order valence-corrected chi connectivity index (χ0v) is 14.3. The Morgan fingerprint density at radius 3 is 2.40 bits per heavy atom. The molecule has 1 aliphatic carbocycles. The van der Waals surface area contributed by atoms with Crippen LogP contribution in [0.3, 0.4) is 0 Å². The number of aromatic nitrogens is 6. The molecule has 1 saturated heterocycles. The summed E-state index contributed by atoms with van der Waals surface area (Å²) in [6, 6.07) is 8.22. The van der Waals surface area contributed by atoms with Crippen molar-refractivity contribution >= 4 is 11.5 Å². The zero-order chi connectivity index (χ0) is 16.8. The molecule has 0 aromatic carbocycles. The van der Waals surface area contributed by atoms with Crippen LogP contribution in [0.5, 0.6) is 0 Å². The predicted molar refractivity (Wildman–Crippen MR) is 93.7 cm³/mol. The van der Waals surface area contributed by atoms with Gasteiger partial charge in [-0.15, -0.1) is 15.3 Å². The van der Waals surface area contributed by atoms with E-state index in [4.69, 9.17) is 0 Å². The Labute approximate surface area is 146 Å². The summed E-state index contributed by atoms with van der Waals surface area (Å²) in [5, 5.41) is 22.1. The fourth-order valence-corrected chi connectivity index (χ4v) is 3.62. The molecule has 2 fully saturated rings. The monoisotopic (exact) mass is 335 g/mol. The molecule has 3 aromatic heterocycles. The van der Waals surface area contributed by atoms with Gasteiger partial charge in [-0.2, -0.15) is 14.7 Å². The Bertz CT molecular complexity index is 889. The van der Waals surface area contributed by atoms with E-state index in [0.29, 0.717) is 11.8 Å². The second-order valence-electron chi connectivity index (χ2n) is 7.15. The molecule has 0 amide bonds. The highest BCUT2D eigenvalue weighted by Crippen LogP contribution is 2.39. The van der Waals surface area contributed by atoms with Gasteiger partial charge in [-0.25, -0.2) is 0 Å². The predicted octanol–water partition coefficient (Wildman–Crippen LogP) is 2.48. The summed E-state index contributed by atoms with van der Waals surface area (Å²) < 4.78 is 1.90. The van der Waals surface area contributed by atoms with E-state index in [1.54, 1.807) is 0 Å². The molecule has 0 atom stereocenters. The van der Waals surface area contributed by atoms with E-state index in [1.165, 1.54) is 12.8 Å². The van der Waals surface area contributed by atoms with Gasteiger partial charge in [0.15, 0.2) is 17.3 Å². The number of hydrogen-bond donors (Lipinski definition) is 0. The van der Waals surface area contributed by atoms with Gasteiger partial charge in [0.1, 0.15) is 0 Å². The zero-order valence-electron chi connectivity index (χ0n) is 14.3. The topological polar surface area (TPSA) is 72.1 Å². The lowest BCUT2D eigenvalue weighted by molar-refractivity contribution is 0.473. The molecule has 7 heteroatoms. The third kappa shape index (κ3) is 2.73. The van der Waals surface area contributed by atoms with Gasteiger partial charge in [0.25, 0.3) is 0 Å². The molecule has 0 spiro atoms. The van der Waals surface area contributed by atoms with Crippen LogP contribution in [-0.4, -0.2) is 43.1 Å². The van der Waals surface area contributed by atoms with Crippen LogP contribution in [-0.2, 0) is 0 Å². The molecule has 0 N–H and O–H groups in total. The quantitative estimate of drug-likeness (QED) is 0.732. The van der Waals surface area contributed by atoms with Gasteiger partial charge >= 0.3 is 0 Å². The first-order valence-corrected chi connectivity index (χ1v) is 9.05. The minimum atomic E-state index is 0.388. The number of rotatable bonds is 3. The molecular formula is C18H21N7. The van der Waals surface area contributed by atoms with Crippen molar-refractivity contribution in [2.24, 2.45) is 0 Å². The Kier molecular flexibility index (Phi) is 3.39. The smallest absolute Gasteiger partial charge is 0.177 e. The summed E-state index contributed by atoms with van der Waals surface area (Å²) in [5.41, 5.74) is 2.96. The average molecular weight is 335 g/mol. The lowest BCUT2D eigenvalue weighted by Crippen LogP contribution is -2.34. The summed E-state index contributed by atoms with van der Waals surface area (Å²) in [6.07, 6.45) is 4.59. The summed E-state index contributed by atoms with van der Waals surface area (Å²) in [6.45, 7) is 3.92. The number of fused-ring (bicyclic) bond motifs is 1. The number of aryl methyl sites for hydroxylation is 1. The van der Waals surface area contributed by atoms with E-state index in [0.717, 1.165) is 54.6 Å². The summed E-state index contributed by atoms with van der Waals surface area (Å²) in [5.74, 6) is 3.01. The molecule has 2 aliphatic rings. The number of anilines is 1. The van der Waals surface area contributed by atoms with Gasteiger partial charge in [-0.05, 0) is 56.9 Å². The lowest BCUT2D eigenvalue weighted by Gasteiger charge is -2.31. The Morgan fingerprint density at radius 2 is 1.68 bits per heavy atom. The van der Waals surface area contributed by atoms with Crippen LogP contribution in [0.4, 0.5) is 5.82 Å². The van der Waals surface area contributed by atoms with Crippen LogP contribution in [0.2, 0.25) is 0 Å². The van der Waals surface area contributed by atoms with E-state index >= 15 is 0 Å². The third-order valence-corrected chi connectivity index (χ3v) is 5.27. The Hall–Kier alpha value is -2.57. The SMILES string of the molecule is Cc1ccc2nnc(C3CCN(c4ccc(C5CC5)nn4)CC3)n2n1. The van der Waals surface area contributed by atoms with Crippen LogP contribution in [0.1, 0.15) is 54.7 Å².